The van der Waals surface area contributed by atoms with E-state index in [0.717, 1.165) is 5.56 Å². The highest BCUT2D eigenvalue weighted by Gasteiger charge is 2.12. The lowest BCUT2D eigenvalue weighted by Gasteiger charge is -2.13. The van der Waals surface area contributed by atoms with E-state index >= 15 is 0 Å². The number of nitrogens with one attached hydrogen (secondary N) is 1. The number of methoxy groups -OCH3 is 2. The summed E-state index contributed by atoms with van der Waals surface area (Å²) in [6, 6.07) is 11.6. The summed E-state index contributed by atoms with van der Waals surface area (Å²) in [6.07, 6.45) is 1.46. The van der Waals surface area contributed by atoms with Crippen molar-refractivity contribution in [2.75, 3.05) is 20.8 Å². The van der Waals surface area contributed by atoms with Crippen LogP contribution < -0.4 is 19.6 Å². The van der Waals surface area contributed by atoms with Crippen LogP contribution in [0.15, 0.2) is 47.6 Å². The summed E-state index contributed by atoms with van der Waals surface area (Å²) < 4.78 is 15.8. The number of rotatable bonds is 7. The molecule has 0 aromatic heterocycles. The van der Waals surface area contributed by atoms with Crippen LogP contribution in [0.4, 0.5) is 0 Å². The lowest BCUT2D eigenvalue weighted by Crippen LogP contribution is -2.24. The minimum atomic E-state index is -0.432. The zero-order valence-electron chi connectivity index (χ0n) is 13.4. The Balaban J connectivity index is 1.90. The normalized spacial score (nSPS) is 10.4. The third-order valence-electron chi connectivity index (χ3n) is 3.03. The SMILES string of the molecule is COc1cccc(OC)c1OCC(=O)N/N=C/c1ccc(O)cc1. The molecule has 2 N–H and O–H groups in total. The van der Waals surface area contributed by atoms with Crippen molar-refractivity contribution in [1.82, 2.24) is 5.43 Å². The first-order valence-corrected chi connectivity index (χ1v) is 7.08. The number of carbonyl (C=O) groups excluding carboxylic acids is 1. The second kappa shape index (κ2) is 8.42. The molecule has 7 nitrogen and oxygen atoms in total. The Kier molecular flexibility index (Phi) is 6.01. The van der Waals surface area contributed by atoms with Gasteiger partial charge < -0.3 is 19.3 Å². The van der Waals surface area contributed by atoms with Gasteiger partial charge in [-0.2, -0.15) is 5.10 Å². The molecule has 0 spiro atoms. The molecule has 1 amide bonds. The molecule has 24 heavy (non-hydrogen) atoms. The van der Waals surface area contributed by atoms with Gasteiger partial charge in [0.1, 0.15) is 5.75 Å². The quantitative estimate of drug-likeness (QED) is 0.598. The molecule has 2 aromatic rings. The van der Waals surface area contributed by atoms with Gasteiger partial charge in [-0.15, -0.1) is 0 Å². The van der Waals surface area contributed by atoms with Crippen LogP contribution in [0.5, 0.6) is 23.0 Å². The fourth-order valence-corrected chi connectivity index (χ4v) is 1.87. The standard InChI is InChI=1S/C17H18N2O5/c1-22-14-4-3-5-15(23-2)17(14)24-11-16(21)19-18-10-12-6-8-13(20)9-7-12/h3-10,20H,11H2,1-2H3,(H,19,21)/b18-10+. The highest BCUT2D eigenvalue weighted by atomic mass is 16.5. The molecule has 0 bridgehead atoms. The summed E-state index contributed by atoms with van der Waals surface area (Å²) in [5, 5.41) is 13.0. The van der Waals surface area contributed by atoms with E-state index in [1.807, 2.05) is 0 Å². The van der Waals surface area contributed by atoms with Gasteiger partial charge >= 0.3 is 0 Å². The van der Waals surface area contributed by atoms with E-state index in [-0.39, 0.29) is 12.4 Å². The molecule has 0 aliphatic rings. The first-order valence-electron chi connectivity index (χ1n) is 7.08. The highest BCUT2D eigenvalue weighted by molar-refractivity contribution is 5.83. The van der Waals surface area contributed by atoms with Gasteiger partial charge in [-0.25, -0.2) is 5.43 Å². The molecule has 2 aromatic carbocycles. The van der Waals surface area contributed by atoms with Crippen molar-refractivity contribution in [3.05, 3.63) is 48.0 Å². The number of amides is 1. The summed E-state index contributed by atoms with van der Waals surface area (Å²) >= 11 is 0. The summed E-state index contributed by atoms with van der Waals surface area (Å²) in [5.74, 6) is 1.01. The van der Waals surface area contributed by atoms with Crippen LogP contribution >= 0.6 is 0 Å². The number of phenols is 1. The Morgan fingerprint density at radius 1 is 1.12 bits per heavy atom. The van der Waals surface area contributed by atoms with Gasteiger partial charge in [-0.1, -0.05) is 6.07 Å². The van der Waals surface area contributed by atoms with Crippen LogP contribution in [0.2, 0.25) is 0 Å². The number of aromatic hydroxyl groups is 1. The van der Waals surface area contributed by atoms with Crippen LogP contribution in [0, 0.1) is 0 Å². The summed E-state index contributed by atoms with van der Waals surface area (Å²) in [6.45, 7) is -0.246. The predicted molar refractivity (Wildman–Crippen MR) is 88.9 cm³/mol. The van der Waals surface area contributed by atoms with Gasteiger partial charge in [-0.05, 0) is 42.0 Å². The highest BCUT2D eigenvalue weighted by Crippen LogP contribution is 2.36. The van der Waals surface area contributed by atoms with Crippen LogP contribution in [0.1, 0.15) is 5.56 Å². The third-order valence-corrected chi connectivity index (χ3v) is 3.03. The van der Waals surface area contributed by atoms with E-state index in [1.54, 1.807) is 30.3 Å². The molecule has 2 rings (SSSR count). The van der Waals surface area contributed by atoms with Gasteiger partial charge in [-0.3, -0.25) is 4.79 Å². The average molecular weight is 330 g/mol. The first-order chi connectivity index (χ1) is 11.6. The fourth-order valence-electron chi connectivity index (χ4n) is 1.87. The Hall–Kier alpha value is -3.22. The molecule has 0 aliphatic heterocycles. The van der Waals surface area contributed by atoms with Crippen LogP contribution in [-0.2, 0) is 4.79 Å². The number of hydrogen-bond donors (Lipinski definition) is 2. The minimum absolute atomic E-state index is 0.162. The molecular weight excluding hydrogens is 312 g/mol. The Morgan fingerprint density at radius 2 is 1.75 bits per heavy atom. The van der Waals surface area contributed by atoms with Gasteiger partial charge in [0.05, 0.1) is 20.4 Å². The monoisotopic (exact) mass is 330 g/mol. The minimum Gasteiger partial charge on any atom is -0.508 e. The zero-order chi connectivity index (χ0) is 17.4. The number of phenolic OH excluding ortho intramolecular Hbond substituents is 1. The van der Waals surface area contributed by atoms with E-state index in [2.05, 4.69) is 10.5 Å². The number of ether oxygens (including phenoxy) is 3. The molecular formula is C17H18N2O5. The van der Waals surface area contributed by atoms with Crippen molar-refractivity contribution < 1.29 is 24.1 Å². The van der Waals surface area contributed by atoms with Crippen molar-refractivity contribution in [2.24, 2.45) is 5.10 Å². The molecule has 0 heterocycles. The van der Waals surface area contributed by atoms with E-state index in [9.17, 15) is 9.90 Å². The predicted octanol–water partition coefficient (Wildman–Crippen LogP) is 1.94. The maximum atomic E-state index is 11.8. The number of benzene rings is 2. The first kappa shape index (κ1) is 17.1. The van der Waals surface area contributed by atoms with E-state index in [4.69, 9.17) is 14.2 Å². The van der Waals surface area contributed by atoms with Gasteiger partial charge in [0.25, 0.3) is 5.91 Å². The maximum absolute atomic E-state index is 11.8. The number of carbonyl (C=O) groups is 1. The van der Waals surface area contributed by atoms with Gasteiger partial charge in [0.2, 0.25) is 5.75 Å². The Morgan fingerprint density at radius 3 is 2.33 bits per heavy atom. The van der Waals surface area contributed by atoms with Crippen LogP contribution in [0.25, 0.3) is 0 Å². The summed E-state index contributed by atoms with van der Waals surface area (Å²) in [4.78, 5) is 11.8. The molecule has 0 unspecified atom stereocenters. The zero-order valence-corrected chi connectivity index (χ0v) is 13.4. The molecule has 0 atom stereocenters. The smallest absolute Gasteiger partial charge is 0.277 e. The van der Waals surface area contributed by atoms with E-state index in [1.165, 1.54) is 32.6 Å². The fraction of sp³-hybridized carbons (Fsp3) is 0.176. The van der Waals surface area contributed by atoms with Crippen molar-refractivity contribution in [1.29, 1.82) is 0 Å². The summed E-state index contributed by atoms with van der Waals surface area (Å²) in [7, 11) is 3.01. The maximum Gasteiger partial charge on any atom is 0.277 e. The molecule has 0 aliphatic carbocycles. The molecule has 0 saturated heterocycles. The topological polar surface area (TPSA) is 89.4 Å². The van der Waals surface area contributed by atoms with Crippen molar-refractivity contribution in [2.45, 2.75) is 0 Å². The largest absolute Gasteiger partial charge is 0.508 e. The number of hydrazone groups is 1. The van der Waals surface area contributed by atoms with Gasteiger partial charge in [0, 0.05) is 0 Å². The van der Waals surface area contributed by atoms with Crippen LogP contribution in [-0.4, -0.2) is 38.1 Å². The average Bonchev–Trinajstić information content (AvgIpc) is 2.61. The van der Waals surface area contributed by atoms with Crippen molar-refractivity contribution in [3.63, 3.8) is 0 Å². The number of para-hydroxylation sites is 1. The lowest BCUT2D eigenvalue weighted by atomic mass is 10.2. The van der Waals surface area contributed by atoms with Crippen molar-refractivity contribution >= 4 is 12.1 Å². The van der Waals surface area contributed by atoms with Crippen LogP contribution in [0.3, 0.4) is 0 Å². The van der Waals surface area contributed by atoms with Gasteiger partial charge in [0.15, 0.2) is 18.1 Å². The number of hydrogen-bond acceptors (Lipinski definition) is 6. The second-order valence-electron chi connectivity index (χ2n) is 4.67. The Labute approximate surface area is 139 Å². The lowest BCUT2D eigenvalue weighted by molar-refractivity contribution is -0.123. The molecule has 0 fully saturated rings. The second-order valence-corrected chi connectivity index (χ2v) is 4.67. The molecule has 126 valence electrons. The van der Waals surface area contributed by atoms with Crippen molar-refractivity contribution in [3.8, 4) is 23.0 Å². The Bertz CT molecular complexity index is 691. The molecule has 0 saturated carbocycles. The van der Waals surface area contributed by atoms with E-state index in [0.29, 0.717) is 17.2 Å². The summed E-state index contributed by atoms with van der Waals surface area (Å²) in [5.41, 5.74) is 3.09. The number of nitrogens with zero attached hydrogens (tertiary/aromatic N) is 1. The molecule has 0 radical (unpaired) electrons. The van der Waals surface area contributed by atoms with E-state index < -0.39 is 5.91 Å². The molecule has 7 heteroatoms. The third kappa shape index (κ3) is 4.64.